The van der Waals surface area contributed by atoms with Crippen molar-refractivity contribution in [2.75, 3.05) is 39.0 Å². The van der Waals surface area contributed by atoms with Crippen molar-refractivity contribution >= 4 is 28.8 Å². The lowest BCUT2D eigenvalue weighted by atomic mass is 10.1. The van der Waals surface area contributed by atoms with Gasteiger partial charge in [-0.3, -0.25) is 14.9 Å². The molecule has 3 heterocycles. The number of nitrogens with one attached hydrogen (secondary N) is 1. The molecule has 0 aliphatic carbocycles. The molecule has 1 saturated heterocycles. The number of pyridine rings is 1. The van der Waals surface area contributed by atoms with Gasteiger partial charge in [0.05, 0.1) is 17.1 Å². The van der Waals surface area contributed by atoms with Gasteiger partial charge in [0.2, 0.25) is 17.8 Å². The number of carbonyl (C=O) groups is 2. The quantitative estimate of drug-likeness (QED) is 0.430. The first-order chi connectivity index (χ1) is 16.8. The molecule has 2 aromatic heterocycles. The van der Waals surface area contributed by atoms with Gasteiger partial charge in [0.25, 0.3) is 5.91 Å². The molecular weight excluding hydrogens is 447 g/mol. The van der Waals surface area contributed by atoms with Crippen molar-refractivity contribution in [2.45, 2.75) is 32.2 Å². The van der Waals surface area contributed by atoms with Crippen molar-refractivity contribution in [3.63, 3.8) is 0 Å². The maximum atomic E-state index is 13.6. The number of likely N-dealkylation sites (tertiary alicyclic amines) is 1. The molecular formula is C26H31FN6O2. The van der Waals surface area contributed by atoms with Crippen LogP contribution >= 0.6 is 0 Å². The third kappa shape index (κ3) is 5.74. The maximum absolute atomic E-state index is 13.6. The third-order valence-electron chi connectivity index (χ3n) is 6.18. The molecule has 8 nitrogen and oxygen atoms in total. The second kappa shape index (κ2) is 10.8. The summed E-state index contributed by atoms with van der Waals surface area (Å²) in [7, 11) is 3.92. The van der Waals surface area contributed by atoms with Crippen molar-refractivity contribution in [3.8, 4) is 0 Å². The maximum Gasteiger partial charge on any atom is 0.258 e. The highest BCUT2D eigenvalue weighted by atomic mass is 19.1. The van der Waals surface area contributed by atoms with E-state index in [1.807, 2.05) is 59.7 Å². The summed E-state index contributed by atoms with van der Waals surface area (Å²) in [6.45, 7) is 3.90. The third-order valence-corrected chi connectivity index (χ3v) is 6.18. The van der Waals surface area contributed by atoms with Crippen LogP contribution < -0.4 is 5.32 Å². The lowest BCUT2D eigenvalue weighted by Gasteiger charge is -2.26. The number of hydrogen-bond donors (Lipinski definition) is 1. The number of anilines is 1. The van der Waals surface area contributed by atoms with E-state index >= 15 is 0 Å². The molecule has 1 unspecified atom stereocenters. The first-order valence-corrected chi connectivity index (χ1v) is 11.8. The topological polar surface area (TPSA) is 83.4 Å². The highest BCUT2D eigenvalue weighted by Crippen LogP contribution is 2.32. The van der Waals surface area contributed by atoms with Crippen molar-refractivity contribution in [2.24, 2.45) is 0 Å². The van der Waals surface area contributed by atoms with E-state index in [-0.39, 0.29) is 17.5 Å². The normalized spacial score (nSPS) is 16.7. The predicted molar refractivity (Wildman–Crippen MR) is 134 cm³/mol. The van der Waals surface area contributed by atoms with Gasteiger partial charge in [-0.05, 0) is 58.0 Å². The van der Waals surface area contributed by atoms with Crippen LogP contribution in [0.25, 0.3) is 11.0 Å². The molecule has 0 spiro atoms. The minimum atomic E-state index is -0.720. The van der Waals surface area contributed by atoms with E-state index in [2.05, 4.69) is 10.3 Å². The first kappa shape index (κ1) is 24.5. The molecule has 1 fully saturated rings. The Morgan fingerprint density at radius 1 is 1.26 bits per heavy atom. The molecule has 35 heavy (non-hydrogen) atoms. The van der Waals surface area contributed by atoms with Crippen LogP contribution in [0.4, 0.5) is 10.3 Å². The Labute approximate surface area is 204 Å². The second-order valence-corrected chi connectivity index (χ2v) is 9.17. The number of para-hydroxylation sites is 1. The molecule has 0 saturated carbocycles. The number of rotatable bonds is 6. The van der Waals surface area contributed by atoms with E-state index in [0.29, 0.717) is 25.6 Å². The molecule has 1 N–H and O–H groups in total. The van der Waals surface area contributed by atoms with Crippen molar-refractivity contribution < 1.29 is 14.0 Å². The zero-order valence-corrected chi connectivity index (χ0v) is 20.4. The molecule has 1 atom stereocenters. The largest absolute Gasteiger partial charge is 0.337 e. The second-order valence-electron chi connectivity index (χ2n) is 9.17. The van der Waals surface area contributed by atoms with Crippen LogP contribution in [0.1, 0.15) is 41.2 Å². The number of likely N-dealkylation sites (N-methyl/N-ethyl adjacent to an activating group) is 1. The summed E-state index contributed by atoms with van der Waals surface area (Å²) in [6.07, 6.45) is 7.48. The monoisotopic (exact) mass is 478 g/mol. The molecule has 3 aromatic rings. The van der Waals surface area contributed by atoms with Gasteiger partial charge in [-0.1, -0.05) is 18.2 Å². The standard InChI is InChI=1S/C26H31FN6O2/c1-18-8-6-10-21-24(18)33(26(29-21)30-25(35)19-12-13-28-22(27)16-19)20-9-4-5-15-32(17-20)23(34)11-7-14-31(2)3/h6-8,10-13,16,20H,4-5,9,14-15,17H2,1-3H3,(H,29,30,35). The zero-order valence-electron chi connectivity index (χ0n) is 20.4. The minimum Gasteiger partial charge on any atom is -0.337 e. The van der Waals surface area contributed by atoms with Crippen LogP contribution in [0.2, 0.25) is 0 Å². The van der Waals surface area contributed by atoms with Gasteiger partial charge in [-0.15, -0.1) is 0 Å². The number of nitrogens with zero attached hydrogens (tertiary/aromatic N) is 5. The summed E-state index contributed by atoms with van der Waals surface area (Å²) in [6, 6.07) is 8.33. The van der Waals surface area contributed by atoms with Gasteiger partial charge < -0.3 is 14.4 Å². The summed E-state index contributed by atoms with van der Waals surface area (Å²) in [5.41, 5.74) is 2.87. The Bertz CT molecular complexity index is 1250. The number of imidazole rings is 1. The van der Waals surface area contributed by atoms with Gasteiger partial charge >= 0.3 is 0 Å². The molecule has 0 radical (unpaired) electrons. The fraction of sp³-hybridized carbons (Fsp3) is 0.385. The Hall–Kier alpha value is -3.59. The fourth-order valence-corrected chi connectivity index (χ4v) is 4.48. The SMILES string of the molecule is Cc1cccc2nc(NC(=O)c3ccnc(F)c3)n(C3CCCCN(C(=O)C=CCN(C)C)C3)c12. The molecule has 1 aliphatic heterocycles. The van der Waals surface area contributed by atoms with E-state index < -0.39 is 11.9 Å². The molecule has 4 rings (SSSR count). The van der Waals surface area contributed by atoms with E-state index in [1.54, 1.807) is 6.08 Å². The van der Waals surface area contributed by atoms with Crippen LogP contribution in [0.3, 0.4) is 0 Å². The number of carbonyl (C=O) groups excluding carboxylic acids is 2. The van der Waals surface area contributed by atoms with Gasteiger partial charge in [0.1, 0.15) is 0 Å². The molecule has 1 aliphatic rings. The molecule has 184 valence electrons. The van der Waals surface area contributed by atoms with Crippen molar-refractivity contribution in [1.82, 2.24) is 24.3 Å². The number of benzene rings is 1. The molecule has 2 amide bonds. The summed E-state index contributed by atoms with van der Waals surface area (Å²) in [5, 5.41) is 2.87. The van der Waals surface area contributed by atoms with Crippen LogP contribution in [-0.4, -0.2) is 69.9 Å². The Morgan fingerprint density at radius 2 is 2.09 bits per heavy atom. The summed E-state index contributed by atoms with van der Waals surface area (Å²) < 4.78 is 15.6. The number of amides is 2. The Balaban J connectivity index is 1.68. The Kier molecular flexibility index (Phi) is 7.55. The average molecular weight is 479 g/mol. The van der Waals surface area contributed by atoms with Gasteiger partial charge in [0, 0.05) is 43.5 Å². The van der Waals surface area contributed by atoms with Crippen LogP contribution in [0.15, 0.2) is 48.7 Å². The van der Waals surface area contributed by atoms with Gasteiger partial charge in [-0.25, -0.2) is 9.97 Å². The van der Waals surface area contributed by atoms with Crippen LogP contribution in [0, 0.1) is 12.9 Å². The van der Waals surface area contributed by atoms with Crippen LogP contribution in [-0.2, 0) is 4.79 Å². The Morgan fingerprint density at radius 3 is 2.86 bits per heavy atom. The number of halogens is 1. The van der Waals surface area contributed by atoms with E-state index in [0.717, 1.165) is 41.9 Å². The van der Waals surface area contributed by atoms with E-state index in [1.165, 1.54) is 12.3 Å². The smallest absolute Gasteiger partial charge is 0.258 e. The molecule has 0 bridgehead atoms. The number of fused-ring (bicyclic) bond motifs is 1. The average Bonchev–Trinajstić information content (AvgIpc) is 3.01. The van der Waals surface area contributed by atoms with Crippen molar-refractivity contribution in [1.29, 1.82) is 0 Å². The lowest BCUT2D eigenvalue weighted by Crippen LogP contribution is -2.35. The minimum absolute atomic E-state index is 0.0160. The van der Waals surface area contributed by atoms with E-state index in [9.17, 15) is 14.0 Å². The number of hydrogen-bond acceptors (Lipinski definition) is 5. The zero-order chi connectivity index (χ0) is 24.9. The highest BCUT2D eigenvalue weighted by Gasteiger charge is 2.27. The number of aryl methyl sites for hydroxylation is 1. The van der Waals surface area contributed by atoms with Crippen LogP contribution in [0.5, 0.6) is 0 Å². The fourth-order valence-electron chi connectivity index (χ4n) is 4.48. The van der Waals surface area contributed by atoms with E-state index in [4.69, 9.17) is 4.98 Å². The molecule has 9 heteroatoms. The predicted octanol–water partition coefficient (Wildman–Crippen LogP) is 3.80. The summed E-state index contributed by atoms with van der Waals surface area (Å²) >= 11 is 0. The number of aromatic nitrogens is 3. The summed E-state index contributed by atoms with van der Waals surface area (Å²) in [5.74, 6) is -0.812. The van der Waals surface area contributed by atoms with Crippen molar-refractivity contribution in [3.05, 3.63) is 65.8 Å². The molecule has 1 aromatic carbocycles. The van der Waals surface area contributed by atoms with Gasteiger partial charge in [-0.2, -0.15) is 4.39 Å². The highest BCUT2D eigenvalue weighted by molar-refractivity contribution is 6.04. The summed E-state index contributed by atoms with van der Waals surface area (Å²) in [4.78, 5) is 38.0. The first-order valence-electron chi connectivity index (χ1n) is 11.8. The lowest BCUT2D eigenvalue weighted by molar-refractivity contribution is -0.126. The van der Waals surface area contributed by atoms with Gasteiger partial charge in [0.15, 0.2) is 0 Å².